The van der Waals surface area contributed by atoms with Gasteiger partial charge in [-0.1, -0.05) is 23.7 Å². The molecule has 0 spiro atoms. The Balaban J connectivity index is 1.62. The molecule has 2 atom stereocenters. The molecule has 2 N–H and O–H groups in total. The lowest BCUT2D eigenvalue weighted by Gasteiger charge is -2.18. The molecular weight excluding hydrogens is 328 g/mol. The maximum Gasteiger partial charge on any atom is 0.225 e. The van der Waals surface area contributed by atoms with E-state index in [1.807, 2.05) is 17.0 Å². The first-order chi connectivity index (χ1) is 11.7. The topological polar surface area (TPSA) is 78.4 Å². The van der Waals surface area contributed by atoms with Crippen molar-refractivity contribution in [2.75, 3.05) is 24.6 Å². The van der Waals surface area contributed by atoms with Gasteiger partial charge in [0.15, 0.2) is 0 Å². The number of anilines is 1. The molecule has 2 aromatic rings. The summed E-state index contributed by atoms with van der Waals surface area (Å²) in [5, 5.41) is 13.2. The smallest absolute Gasteiger partial charge is 0.225 e. The van der Waals surface area contributed by atoms with E-state index in [0.717, 1.165) is 5.56 Å². The molecule has 1 aromatic heterocycles. The van der Waals surface area contributed by atoms with Crippen LogP contribution in [0.3, 0.4) is 0 Å². The average Bonchev–Trinajstić information content (AvgIpc) is 2.98. The second-order valence-corrected chi connectivity index (χ2v) is 6.31. The number of aromatic nitrogens is 2. The number of aliphatic hydroxyl groups is 1. The maximum atomic E-state index is 12.3. The summed E-state index contributed by atoms with van der Waals surface area (Å²) >= 11 is 5.95. The van der Waals surface area contributed by atoms with Crippen molar-refractivity contribution >= 4 is 23.5 Å². The lowest BCUT2D eigenvalue weighted by molar-refractivity contribution is -0.121. The van der Waals surface area contributed by atoms with Crippen LogP contribution in [0.1, 0.15) is 5.56 Å². The van der Waals surface area contributed by atoms with Crippen LogP contribution in [0.2, 0.25) is 5.02 Å². The van der Waals surface area contributed by atoms with Crippen LogP contribution >= 0.6 is 11.6 Å². The monoisotopic (exact) mass is 346 g/mol. The van der Waals surface area contributed by atoms with Gasteiger partial charge in [-0.15, -0.1) is 0 Å². The van der Waals surface area contributed by atoms with Gasteiger partial charge in [0, 0.05) is 43.0 Å². The molecule has 126 valence electrons. The normalized spacial score (nSPS) is 20.2. The van der Waals surface area contributed by atoms with E-state index in [1.54, 1.807) is 30.6 Å². The van der Waals surface area contributed by atoms with Crippen LogP contribution in [-0.4, -0.2) is 46.7 Å². The van der Waals surface area contributed by atoms with E-state index >= 15 is 0 Å². The molecule has 1 aliphatic heterocycles. The molecule has 3 rings (SSSR count). The number of nitrogens with one attached hydrogen (secondary N) is 1. The van der Waals surface area contributed by atoms with E-state index < -0.39 is 0 Å². The Hall–Kier alpha value is -2.18. The van der Waals surface area contributed by atoms with Crippen LogP contribution in [0.25, 0.3) is 0 Å². The molecule has 0 bridgehead atoms. The largest absolute Gasteiger partial charge is 0.396 e. The summed E-state index contributed by atoms with van der Waals surface area (Å²) in [6.07, 6.45) is 3.62. The zero-order valence-corrected chi connectivity index (χ0v) is 13.9. The van der Waals surface area contributed by atoms with Crippen molar-refractivity contribution in [2.24, 2.45) is 5.92 Å². The molecule has 0 unspecified atom stereocenters. The maximum absolute atomic E-state index is 12.3. The van der Waals surface area contributed by atoms with E-state index in [-0.39, 0.29) is 30.9 Å². The number of aliphatic hydroxyl groups excluding tert-OH is 1. The molecule has 1 aromatic carbocycles. The van der Waals surface area contributed by atoms with Crippen molar-refractivity contribution in [1.29, 1.82) is 0 Å². The van der Waals surface area contributed by atoms with Crippen molar-refractivity contribution in [1.82, 2.24) is 15.3 Å². The Kier molecular flexibility index (Phi) is 5.27. The summed E-state index contributed by atoms with van der Waals surface area (Å²) in [6, 6.07) is 8.88. The van der Waals surface area contributed by atoms with Gasteiger partial charge in [-0.3, -0.25) is 4.79 Å². The molecule has 24 heavy (non-hydrogen) atoms. The number of benzene rings is 1. The van der Waals surface area contributed by atoms with Crippen molar-refractivity contribution in [3.05, 3.63) is 53.3 Å². The molecule has 1 amide bonds. The van der Waals surface area contributed by atoms with Gasteiger partial charge in [-0.05, 0) is 23.8 Å². The number of rotatable bonds is 5. The van der Waals surface area contributed by atoms with E-state index in [9.17, 15) is 9.90 Å². The SMILES string of the molecule is O=C(Cc1cccc(Cl)c1)N[C@@H]1CN(c2ncccn2)C[C@H]1CO. The zero-order valence-electron chi connectivity index (χ0n) is 13.1. The van der Waals surface area contributed by atoms with Crippen LogP contribution in [0.5, 0.6) is 0 Å². The molecule has 1 saturated heterocycles. The predicted octanol–water partition coefficient (Wildman–Crippen LogP) is 1.29. The van der Waals surface area contributed by atoms with Crippen LogP contribution in [-0.2, 0) is 11.2 Å². The minimum atomic E-state index is -0.134. The molecule has 0 radical (unpaired) electrons. The van der Waals surface area contributed by atoms with E-state index in [0.29, 0.717) is 24.1 Å². The standard InChI is InChI=1S/C17H19ClN4O2/c18-14-4-1-3-12(7-14)8-16(24)21-15-10-22(9-13(15)11-23)17-19-5-2-6-20-17/h1-7,13,15,23H,8-11H2,(H,21,24)/t13-,15+/m0/s1. The molecule has 0 saturated carbocycles. The van der Waals surface area contributed by atoms with E-state index in [2.05, 4.69) is 15.3 Å². The summed E-state index contributed by atoms with van der Waals surface area (Å²) < 4.78 is 0. The second-order valence-electron chi connectivity index (χ2n) is 5.88. The molecule has 0 aliphatic carbocycles. The fourth-order valence-corrected chi connectivity index (χ4v) is 3.14. The number of amides is 1. The molecular formula is C17H19ClN4O2. The number of carbonyl (C=O) groups excluding carboxylic acids is 1. The van der Waals surface area contributed by atoms with Gasteiger partial charge in [0.25, 0.3) is 0 Å². The number of halogens is 1. The Morgan fingerprint density at radius 3 is 2.79 bits per heavy atom. The summed E-state index contributed by atoms with van der Waals surface area (Å²) in [7, 11) is 0. The fourth-order valence-electron chi connectivity index (χ4n) is 2.93. The minimum Gasteiger partial charge on any atom is -0.396 e. The lowest BCUT2D eigenvalue weighted by atomic mass is 10.0. The van der Waals surface area contributed by atoms with Crippen molar-refractivity contribution in [3.8, 4) is 0 Å². The third-order valence-corrected chi connectivity index (χ3v) is 4.35. The fraction of sp³-hybridized carbons (Fsp3) is 0.353. The van der Waals surface area contributed by atoms with Gasteiger partial charge in [-0.25, -0.2) is 9.97 Å². The highest BCUT2D eigenvalue weighted by atomic mass is 35.5. The quantitative estimate of drug-likeness (QED) is 0.853. The second kappa shape index (κ2) is 7.59. The number of hydrogen-bond donors (Lipinski definition) is 2. The molecule has 6 nitrogen and oxygen atoms in total. The van der Waals surface area contributed by atoms with Gasteiger partial charge in [0.1, 0.15) is 0 Å². The summed E-state index contributed by atoms with van der Waals surface area (Å²) in [4.78, 5) is 22.7. The van der Waals surface area contributed by atoms with E-state index in [1.165, 1.54) is 0 Å². The van der Waals surface area contributed by atoms with Crippen molar-refractivity contribution < 1.29 is 9.90 Å². The van der Waals surface area contributed by atoms with Crippen LogP contribution in [0, 0.1) is 5.92 Å². The Bertz CT molecular complexity index is 698. The zero-order chi connectivity index (χ0) is 16.9. The Labute approximate surface area is 145 Å². The number of nitrogens with zero attached hydrogens (tertiary/aromatic N) is 3. The summed E-state index contributed by atoms with van der Waals surface area (Å²) in [6.45, 7) is 1.20. The predicted molar refractivity (Wildman–Crippen MR) is 91.9 cm³/mol. The number of carbonyl (C=O) groups is 1. The average molecular weight is 347 g/mol. The Morgan fingerprint density at radius 2 is 2.08 bits per heavy atom. The molecule has 7 heteroatoms. The summed E-state index contributed by atoms with van der Waals surface area (Å²) in [5.74, 6) is 0.483. The van der Waals surface area contributed by atoms with Crippen LogP contribution in [0.4, 0.5) is 5.95 Å². The highest BCUT2D eigenvalue weighted by molar-refractivity contribution is 6.30. The molecule has 2 heterocycles. The first-order valence-electron chi connectivity index (χ1n) is 7.82. The Morgan fingerprint density at radius 1 is 1.29 bits per heavy atom. The van der Waals surface area contributed by atoms with Gasteiger partial charge >= 0.3 is 0 Å². The van der Waals surface area contributed by atoms with Gasteiger partial charge in [-0.2, -0.15) is 0 Å². The van der Waals surface area contributed by atoms with Crippen molar-refractivity contribution in [3.63, 3.8) is 0 Å². The molecule has 1 fully saturated rings. The lowest BCUT2D eigenvalue weighted by Crippen LogP contribution is -2.42. The highest BCUT2D eigenvalue weighted by Gasteiger charge is 2.34. The summed E-state index contributed by atoms with van der Waals surface area (Å²) in [5.41, 5.74) is 0.863. The van der Waals surface area contributed by atoms with Gasteiger partial charge in [0.05, 0.1) is 12.5 Å². The van der Waals surface area contributed by atoms with Crippen LogP contribution < -0.4 is 10.2 Å². The van der Waals surface area contributed by atoms with E-state index in [4.69, 9.17) is 11.6 Å². The minimum absolute atomic E-state index is 0.00540. The van der Waals surface area contributed by atoms with Crippen LogP contribution in [0.15, 0.2) is 42.7 Å². The van der Waals surface area contributed by atoms with Gasteiger partial charge in [0.2, 0.25) is 11.9 Å². The molecule has 1 aliphatic rings. The number of hydrogen-bond acceptors (Lipinski definition) is 5. The van der Waals surface area contributed by atoms with Gasteiger partial charge < -0.3 is 15.3 Å². The highest BCUT2D eigenvalue weighted by Crippen LogP contribution is 2.21. The first kappa shape index (κ1) is 16.7. The van der Waals surface area contributed by atoms with Crippen molar-refractivity contribution in [2.45, 2.75) is 12.5 Å². The third-order valence-electron chi connectivity index (χ3n) is 4.11. The first-order valence-corrected chi connectivity index (χ1v) is 8.20. The third kappa shape index (κ3) is 4.01.